The summed E-state index contributed by atoms with van der Waals surface area (Å²) in [7, 11) is 0. The van der Waals surface area contributed by atoms with Gasteiger partial charge in [-0.2, -0.15) is 4.98 Å². The van der Waals surface area contributed by atoms with Crippen LogP contribution in [0.25, 0.3) is 11.1 Å². The molecule has 1 fully saturated rings. The molecule has 0 amide bonds. The number of benzene rings is 1. The summed E-state index contributed by atoms with van der Waals surface area (Å²) in [6.07, 6.45) is 5.96. The Hall–Kier alpha value is -2.15. The van der Waals surface area contributed by atoms with E-state index in [1.165, 1.54) is 31.4 Å². The minimum absolute atomic E-state index is 0.00396. The first kappa shape index (κ1) is 14.8. The van der Waals surface area contributed by atoms with E-state index in [-0.39, 0.29) is 11.8 Å². The second-order valence-electron chi connectivity index (χ2n) is 5.53. The molecule has 1 aromatic carbocycles. The number of nitro groups is 1. The van der Waals surface area contributed by atoms with E-state index in [2.05, 4.69) is 10.3 Å². The largest absolute Gasteiger partial charge is 0.450 e. The first-order valence-corrected chi connectivity index (χ1v) is 7.63. The van der Waals surface area contributed by atoms with E-state index >= 15 is 0 Å². The van der Waals surface area contributed by atoms with Gasteiger partial charge in [-0.3, -0.25) is 10.1 Å². The Morgan fingerprint density at radius 3 is 3.14 bits per heavy atom. The maximum Gasteiger partial charge on any atom is 0.394 e. The topological polar surface area (TPSA) is 90.4 Å². The van der Waals surface area contributed by atoms with Crippen molar-refractivity contribution >= 4 is 16.8 Å². The fraction of sp³-hybridized carbons (Fsp3) is 0.533. The maximum atomic E-state index is 10.7. The molecule has 1 aromatic heterocycles. The third-order valence-corrected chi connectivity index (χ3v) is 3.90. The highest BCUT2D eigenvalue weighted by Crippen LogP contribution is 2.24. The van der Waals surface area contributed by atoms with Gasteiger partial charge >= 0.3 is 6.08 Å². The van der Waals surface area contributed by atoms with Crippen molar-refractivity contribution in [3.63, 3.8) is 0 Å². The molecular formula is C15H19N3O4. The van der Waals surface area contributed by atoms with Gasteiger partial charge in [-0.15, -0.1) is 0 Å². The third-order valence-electron chi connectivity index (χ3n) is 3.90. The molecule has 1 saturated heterocycles. The molecule has 0 saturated carbocycles. The summed E-state index contributed by atoms with van der Waals surface area (Å²) in [6, 6.07) is 4.91. The van der Waals surface area contributed by atoms with Gasteiger partial charge in [0.2, 0.25) is 0 Å². The summed E-state index contributed by atoms with van der Waals surface area (Å²) in [5.41, 5.74) is 0.934. The number of nitrogens with zero attached hydrogens (tertiary/aromatic N) is 2. The number of hydrogen-bond acceptors (Lipinski definition) is 6. The van der Waals surface area contributed by atoms with Crippen molar-refractivity contribution in [2.24, 2.45) is 0 Å². The number of oxazole rings is 1. The van der Waals surface area contributed by atoms with E-state index in [1.54, 1.807) is 6.07 Å². The van der Waals surface area contributed by atoms with Crippen LogP contribution in [0.3, 0.4) is 0 Å². The van der Waals surface area contributed by atoms with E-state index in [1.807, 2.05) is 0 Å². The number of piperidine rings is 1. The number of fused-ring (bicyclic) bond motifs is 1. The van der Waals surface area contributed by atoms with Crippen LogP contribution < -0.4 is 10.1 Å². The van der Waals surface area contributed by atoms with E-state index in [0.717, 1.165) is 19.4 Å². The van der Waals surface area contributed by atoms with Gasteiger partial charge in [0, 0.05) is 18.2 Å². The molecule has 1 aliphatic rings. The van der Waals surface area contributed by atoms with Crippen LogP contribution in [0, 0.1) is 10.1 Å². The molecule has 1 N–H and O–H groups in total. The lowest BCUT2D eigenvalue weighted by molar-refractivity contribution is -0.384. The van der Waals surface area contributed by atoms with E-state index < -0.39 is 4.92 Å². The van der Waals surface area contributed by atoms with Crippen LogP contribution >= 0.6 is 0 Å². The van der Waals surface area contributed by atoms with Crippen LogP contribution in [-0.2, 0) is 0 Å². The number of nitrogens with one attached hydrogen (secondary N) is 1. The molecule has 0 aliphatic carbocycles. The zero-order valence-corrected chi connectivity index (χ0v) is 12.3. The predicted octanol–water partition coefficient (Wildman–Crippen LogP) is 3.04. The van der Waals surface area contributed by atoms with Crippen molar-refractivity contribution in [2.45, 2.75) is 38.1 Å². The van der Waals surface area contributed by atoms with Gasteiger partial charge in [0.1, 0.15) is 5.52 Å². The van der Waals surface area contributed by atoms with Gasteiger partial charge < -0.3 is 14.5 Å². The molecule has 0 radical (unpaired) electrons. The lowest BCUT2D eigenvalue weighted by Gasteiger charge is -2.23. The third kappa shape index (κ3) is 3.54. The molecule has 0 unspecified atom stereocenters. The average Bonchev–Trinajstić information content (AvgIpc) is 2.94. The normalized spacial score (nSPS) is 18.5. The second-order valence-corrected chi connectivity index (χ2v) is 5.53. The van der Waals surface area contributed by atoms with Crippen LogP contribution in [0.15, 0.2) is 22.6 Å². The van der Waals surface area contributed by atoms with Crippen molar-refractivity contribution in [3.05, 3.63) is 28.3 Å². The molecule has 1 aliphatic heterocycles. The van der Waals surface area contributed by atoms with E-state index in [0.29, 0.717) is 23.7 Å². The van der Waals surface area contributed by atoms with Gasteiger partial charge in [-0.05, 0) is 38.3 Å². The van der Waals surface area contributed by atoms with Gasteiger partial charge in [-0.25, -0.2) is 0 Å². The lowest BCUT2D eigenvalue weighted by Crippen LogP contribution is -2.34. The van der Waals surface area contributed by atoms with Crippen LogP contribution in [0.5, 0.6) is 6.08 Å². The molecule has 118 valence electrons. The zero-order chi connectivity index (χ0) is 15.4. The van der Waals surface area contributed by atoms with Crippen molar-refractivity contribution in [1.29, 1.82) is 0 Å². The number of ether oxygens (including phenoxy) is 1. The van der Waals surface area contributed by atoms with E-state index in [4.69, 9.17) is 9.15 Å². The predicted molar refractivity (Wildman–Crippen MR) is 81.0 cm³/mol. The quantitative estimate of drug-likeness (QED) is 0.501. The molecule has 3 rings (SSSR count). The molecule has 2 aromatic rings. The molecule has 2 heterocycles. The van der Waals surface area contributed by atoms with Crippen LogP contribution in [0.2, 0.25) is 0 Å². The van der Waals surface area contributed by atoms with Gasteiger partial charge in [-0.1, -0.05) is 6.42 Å². The van der Waals surface area contributed by atoms with Crippen molar-refractivity contribution in [2.75, 3.05) is 13.2 Å². The Labute approximate surface area is 127 Å². The summed E-state index contributed by atoms with van der Waals surface area (Å²) >= 11 is 0. The van der Waals surface area contributed by atoms with Crippen LogP contribution in [-0.4, -0.2) is 29.1 Å². The Morgan fingerprint density at radius 1 is 1.45 bits per heavy atom. The minimum Gasteiger partial charge on any atom is -0.450 e. The number of nitro benzene ring substituents is 1. The Bertz CT molecular complexity index is 649. The van der Waals surface area contributed by atoms with Crippen molar-refractivity contribution in [3.8, 4) is 6.08 Å². The standard InChI is InChI=1S/C15H19N3O4/c19-18(20)12-6-7-14-13(10-12)17-15(22-14)21-9-3-5-11-4-1-2-8-16-11/h6-7,10-11,16H,1-5,8-9H2/t11-/m0/s1. The van der Waals surface area contributed by atoms with Crippen molar-refractivity contribution < 1.29 is 14.1 Å². The molecule has 7 nitrogen and oxygen atoms in total. The van der Waals surface area contributed by atoms with Crippen LogP contribution in [0.1, 0.15) is 32.1 Å². The highest BCUT2D eigenvalue weighted by molar-refractivity contribution is 5.75. The number of rotatable bonds is 6. The maximum absolute atomic E-state index is 10.7. The van der Waals surface area contributed by atoms with Crippen molar-refractivity contribution in [1.82, 2.24) is 10.3 Å². The smallest absolute Gasteiger partial charge is 0.394 e. The SMILES string of the molecule is O=[N+]([O-])c1ccc2oc(OCCC[C@@H]3CCCCN3)nc2c1. The molecule has 0 spiro atoms. The highest BCUT2D eigenvalue weighted by atomic mass is 16.6. The zero-order valence-electron chi connectivity index (χ0n) is 12.3. The molecule has 1 atom stereocenters. The van der Waals surface area contributed by atoms with Gasteiger partial charge in [0.05, 0.1) is 11.5 Å². The van der Waals surface area contributed by atoms with Crippen LogP contribution in [0.4, 0.5) is 5.69 Å². The summed E-state index contributed by atoms with van der Waals surface area (Å²) in [6.45, 7) is 1.64. The van der Waals surface area contributed by atoms with Gasteiger partial charge in [0.25, 0.3) is 5.69 Å². The molecule has 22 heavy (non-hydrogen) atoms. The summed E-state index contributed by atoms with van der Waals surface area (Å²) in [4.78, 5) is 14.4. The minimum atomic E-state index is -0.453. The number of aromatic nitrogens is 1. The second kappa shape index (κ2) is 6.74. The number of non-ortho nitro benzene ring substituents is 1. The van der Waals surface area contributed by atoms with Gasteiger partial charge in [0.15, 0.2) is 5.58 Å². The Kier molecular flexibility index (Phi) is 4.53. The highest BCUT2D eigenvalue weighted by Gasteiger charge is 2.14. The van der Waals surface area contributed by atoms with E-state index in [9.17, 15) is 10.1 Å². The molecule has 0 bridgehead atoms. The fourth-order valence-corrected chi connectivity index (χ4v) is 2.73. The summed E-state index contributed by atoms with van der Waals surface area (Å²) in [5.74, 6) is 0. The summed E-state index contributed by atoms with van der Waals surface area (Å²) in [5, 5.41) is 14.2. The first-order chi connectivity index (χ1) is 10.7. The lowest BCUT2D eigenvalue weighted by atomic mass is 10.0. The number of hydrogen-bond donors (Lipinski definition) is 1. The fourth-order valence-electron chi connectivity index (χ4n) is 2.73. The Balaban J connectivity index is 1.52. The Morgan fingerprint density at radius 2 is 2.36 bits per heavy atom. The average molecular weight is 305 g/mol. The monoisotopic (exact) mass is 305 g/mol. The molecule has 7 heteroatoms. The first-order valence-electron chi connectivity index (χ1n) is 7.63. The molecular weight excluding hydrogens is 286 g/mol. The summed E-state index contributed by atoms with van der Waals surface area (Å²) < 4.78 is 10.9.